The lowest BCUT2D eigenvalue weighted by Crippen LogP contribution is -2.40. The number of ketones is 1. The SMILES string of the molecule is O=C(Nc1ccc(F)cc1)C1C[C@H]2CCC[C@@H](C1)C2=O. The number of benzene rings is 1. The van der Waals surface area contributed by atoms with Gasteiger partial charge in [0.15, 0.2) is 0 Å². The predicted octanol–water partition coefficient (Wildman–Crippen LogP) is 3.16. The predicted molar refractivity (Wildman–Crippen MR) is 73.6 cm³/mol. The van der Waals surface area contributed by atoms with Crippen molar-refractivity contribution in [3.8, 4) is 0 Å². The van der Waals surface area contributed by atoms with E-state index in [-0.39, 0.29) is 29.5 Å². The van der Waals surface area contributed by atoms with Crippen molar-refractivity contribution in [2.75, 3.05) is 5.32 Å². The van der Waals surface area contributed by atoms with Gasteiger partial charge in [0.05, 0.1) is 0 Å². The maximum absolute atomic E-state index is 12.8. The number of anilines is 1. The number of nitrogens with one attached hydrogen (secondary N) is 1. The van der Waals surface area contributed by atoms with E-state index in [4.69, 9.17) is 0 Å². The third-order valence-corrected chi connectivity index (χ3v) is 4.53. The number of hydrogen-bond acceptors (Lipinski definition) is 2. The largest absolute Gasteiger partial charge is 0.326 e. The summed E-state index contributed by atoms with van der Waals surface area (Å²) in [5.41, 5.74) is 0.610. The number of amides is 1. The van der Waals surface area contributed by atoms with E-state index in [1.807, 2.05) is 0 Å². The van der Waals surface area contributed by atoms with Gasteiger partial charge in [0.1, 0.15) is 11.6 Å². The second-order valence-corrected chi connectivity index (χ2v) is 5.89. The Kier molecular flexibility index (Phi) is 3.55. The van der Waals surface area contributed by atoms with Crippen LogP contribution in [0.2, 0.25) is 0 Å². The number of halogens is 1. The van der Waals surface area contributed by atoms with Crippen LogP contribution in [0.15, 0.2) is 24.3 Å². The van der Waals surface area contributed by atoms with E-state index in [0.29, 0.717) is 24.3 Å². The average molecular weight is 275 g/mol. The Hall–Kier alpha value is -1.71. The fourth-order valence-corrected chi connectivity index (χ4v) is 3.47. The minimum atomic E-state index is -0.319. The number of Topliss-reactive ketones (excluding diaryl/α,β-unsaturated/α-hetero) is 1. The molecule has 1 aromatic carbocycles. The fourth-order valence-electron chi connectivity index (χ4n) is 3.47. The second-order valence-electron chi connectivity index (χ2n) is 5.89. The lowest BCUT2D eigenvalue weighted by Gasteiger charge is -2.36. The van der Waals surface area contributed by atoms with Crippen LogP contribution in [0.1, 0.15) is 32.1 Å². The molecule has 106 valence electrons. The van der Waals surface area contributed by atoms with E-state index in [0.717, 1.165) is 19.3 Å². The molecular formula is C16H18FNO2. The van der Waals surface area contributed by atoms with Crippen molar-refractivity contribution in [2.45, 2.75) is 32.1 Å². The summed E-state index contributed by atoms with van der Waals surface area (Å²) in [6, 6.07) is 5.77. The zero-order valence-electron chi connectivity index (χ0n) is 11.3. The Balaban J connectivity index is 1.66. The standard InChI is InChI=1S/C16H18FNO2/c17-13-4-6-14(7-5-13)18-16(20)12-8-10-2-1-3-11(9-12)15(10)19/h4-7,10-12H,1-3,8-9H2,(H,18,20)/t10-,11+,12?. The van der Waals surface area contributed by atoms with Gasteiger partial charge in [-0.3, -0.25) is 9.59 Å². The highest BCUT2D eigenvalue weighted by Crippen LogP contribution is 2.40. The molecular weight excluding hydrogens is 257 g/mol. The molecule has 2 fully saturated rings. The third kappa shape index (κ3) is 2.60. The average Bonchev–Trinajstić information content (AvgIpc) is 2.41. The highest BCUT2D eigenvalue weighted by Gasteiger charge is 2.41. The van der Waals surface area contributed by atoms with Gasteiger partial charge in [-0.1, -0.05) is 6.42 Å². The molecule has 0 heterocycles. The van der Waals surface area contributed by atoms with Gasteiger partial charge >= 0.3 is 0 Å². The van der Waals surface area contributed by atoms with Crippen molar-refractivity contribution in [2.24, 2.45) is 17.8 Å². The number of rotatable bonds is 2. The van der Waals surface area contributed by atoms with Crippen LogP contribution in [0.25, 0.3) is 0 Å². The van der Waals surface area contributed by atoms with Gasteiger partial charge in [-0.15, -0.1) is 0 Å². The molecule has 2 bridgehead atoms. The van der Waals surface area contributed by atoms with Gasteiger partial charge in [-0.2, -0.15) is 0 Å². The van der Waals surface area contributed by atoms with Gasteiger partial charge in [-0.05, 0) is 49.9 Å². The first-order valence-corrected chi connectivity index (χ1v) is 7.23. The molecule has 1 amide bonds. The topological polar surface area (TPSA) is 46.2 Å². The van der Waals surface area contributed by atoms with E-state index >= 15 is 0 Å². The first-order chi connectivity index (χ1) is 9.63. The number of hydrogen-bond donors (Lipinski definition) is 1. The molecule has 1 unspecified atom stereocenters. The van der Waals surface area contributed by atoms with Gasteiger partial charge in [0.25, 0.3) is 0 Å². The molecule has 2 saturated carbocycles. The maximum Gasteiger partial charge on any atom is 0.227 e. The van der Waals surface area contributed by atoms with E-state index in [9.17, 15) is 14.0 Å². The molecule has 4 heteroatoms. The highest BCUT2D eigenvalue weighted by molar-refractivity contribution is 5.95. The van der Waals surface area contributed by atoms with Crippen molar-refractivity contribution >= 4 is 17.4 Å². The molecule has 20 heavy (non-hydrogen) atoms. The van der Waals surface area contributed by atoms with Gasteiger partial charge in [0.2, 0.25) is 5.91 Å². The summed E-state index contributed by atoms with van der Waals surface area (Å²) in [4.78, 5) is 24.3. The van der Waals surface area contributed by atoms with Crippen LogP contribution in [-0.2, 0) is 9.59 Å². The van der Waals surface area contributed by atoms with E-state index in [1.165, 1.54) is 12.1 Å². The van der Waals surface area contributed by atoms with Crippen molar-refractivity contribution in [1.29, 1.82) is 0 Å². The third-order valence-electron chi connectivity index (χ3n) is 4.53. The van der Waals surface area contributed by atoms with Crippen LogP contribution in [0.5, 0.6) is 0 Å². The maximum atomic E-state index is 12.8. The summed E-state index contributed by atoms with van der Waals surface area (Å²) in [5.74, 6) is 0.0647. The first kappa shape index (κ1) is 13.3. The minimum Gasteiger partial charge on any atom is -0.326 e. The van der Waals surface area contributed by atoms with Crippen LogP contribution >= 0.6 is 0 Å². The Morgan fingerprint density at radius 2 is 1.70 bits per heavy atom. The van der Waals surface area contributed by atoms with Gasteiger partial charge in [-0.25, -0.2) is 4.39 Å². The molecule has 3 rings (SSSR count). The summed E-state index contributed by atoms with van der Waals surface area (Å²) in [6.07, 6.45) is 4.30. The van der Waals surface area contributed by atoms with Crippen LogP contribution < -0.4 is 5.32 Å². The molecule has 0 aliphatic heterocycles. The minimum absolute atomic E-state index is 0.0407. The first-order valence-electron chi connectivity index (χ1n) is 7.23. The van der Waals surface area contributed by atoms with Gasteiger partial charge < -0.3 is 5.32 Å². The Bertz CT molecular complexity index is 510. The highest BCUT2D eigenvalue weighted by atomic mass is 19.1. The Morgan fingerprint density at radius 3 is 2.30 bits per heavy atom. The molecule has 2 aliphatic rings. The molecule has 1 N–H and O–H groups in total. The van der Waals surface area contributed by atoms with Crippen LogP contribution in [0.4, 0.5) is 10.1 Å². The normalized spacial score (nSPS) is 29.1. The zero-order chi connectivity index (χ0) is 14.1. The molecule has 0 saturated heterocycles. The van der Waals surface area contributed by atoms with Crippen molar-refractivity contribution < 1.29 is 14.0 Å². The zero-order valence-corrected chi connectivity index (χ0v) is 11.3. The van der Waals surface area contributed by atoms with E-state index in [1.54, 1.807) is 12.1 Å². The summed E-state index contributed by atoms with van der Waals surface area (Å²) in [7, 11) is 0. The molecule has 0 aromatic heterocycles. The smallest absolute Gasteiger partial charge is 0.227 e. The number of carbonyl (C=O) groups excluding carboxylic acids is 2. The molecule has 1 aromatic rings. The van der Waals surface area contributed by atoms with Crippen LogP contribution in [0, 0.1) is 23.6 Å². The number of fused-ring (bicyclic) bond motifs is 2. The van der Waals surface area contributed by atoms with Crippen molar-refractivity contribution in [3.05, 3.63) is 30.1 Å². The van der Waals surface area contributed by atoms with E-state index < -0.39 is 0 Å². The van der Waals surface area contributed by atoms with Crippen molar-refractivity contribution in [3.63, 3.8) is 0 Å². The summed E-state index contributed by atoms with van der Waals surface area (Å²) < 4.78 is 12.8. The molecule has 3 nitrogen and oxygen atoms in total. The van der Waals surface area contributed by atoms with Gasteiger partial charge in [0, 0.05) is 23.4 Å². The fraction of sp³-hybridized carbons (Fsp3) is 0.500. The number of carbonyl (C=O) groups is 2. The van der Waals surface area contributed by atoms with Crippen molar-refractivity contribution in [1.82, 2.24) is 0 Å². The second kappa shape index (κ2) is 5.35. The monoisotopic (exact) mass is 275 g/mol. The summed E-state index contributed by atoms with van der Waals surface area (Å²) >= 11 is 0. The van der Waals surface area contributed by atoms with E-state index in [2.05, 4.69) is 5.32 Å². The molecule has 0 radical (unpaired) electrons. The van der Waals surface area contributed by atoms with Crippen LogP contribution in [-0.4, -0.2) is 11.7 Å². The van der Waals surface area contributed by atoms with Crippen LogP contribution in [0.3, 0.4) is 0 Å². The summed E-state index contributed by atoms with van der Waals surface area (Å²) in [5, 5.41) is 2.83. The molecule has 3 atom stereocenters. The quantitative estimate of drug-likeness (QED) is 0.901. The lowest BCUT2D eigenvalue weighted by molar-refractivity contribution is -0.136. The Morgan fingerprint density at radius 1 is 1.10 bits per heavy atom. The lowest BCUT2D eigenvalue weighted by atomic mass is 9.67. The molecule has 2 aliphatic carbocycles. The molecule has 0 spiro atoms. The Labute approximate surface area is 117 Å². The summed E-state index contributed by atoms with van der Waals surface area (Å²) in [6.45, 7) is 0.